The molecular weight excluding hydrogens is 470 g/mol. The highest BCUT2D eigenvalue weighted by molar-refractivity contribution is 5.77. The Morgan fingerprint density at radius 1 is 1.08 bits per heavy atom. The fraction of sp³-hybridized carbons (Fsp3) is 0.321. The van der Waals surface area contributed by atoms with Gasteiger partial charge in [-0.05, 0) is 41.8 Å². The molecule has 1 amide bonds. The molecule has 1 unspecified atom stereocenters. The SMILES string of the molecule is NCC(=O)NCC(Cc1ccc(C#Cc2ccc(CN3CCOCC3)cc2)cc1)c1nc[nH]c(=O)c1O. The second kappa shape index (κ2) is 12.8. The Kier molecular flexibility index (Phi) is 9.05. The summed E-state index contributed by atoms with van der Waals surface area (Å²) in [5.41, 5.74) is 9.01. The molecule has 5 N–H and O–H groups in total. The molecule has 0 saturated carbocycles. The van der Waals surface area contributed by atoms with Crippen molar-refractivity contribution in [3.05, 3.63) is 93.2 Å². The van der Waals surface area contributed by atoms with Gasteiger partial charge in [0, 0.05) is 43.2 Å². The summed E-state index contributed by atoms with van der Waals surface area (Å²) in [6.07, 6.45) is 1.69. The van der Waals surface area contributed by atoms with Crippen LogP contribution in [-0.2, 0) is 22.5 Å². The molecule has 1 saturated heterocycles. The third kappa shape index (κ3) is 7.51. The van der Waals surface area contributed by atoms with E-state index >= 15 is 0 Å². The van der Waals surface area contributed by atoms with Gasteiger partial charge in [0.2, 0.25) is 11.7 Å². The number of amides is 1. The molecule has 1 aliphatic rings. The summed E-state index contributed by atoms with van der Waals surface area (Å²) >= 11 is 0. The summed E-state index contributed by atoms with van der Waals surface area (Å²) in [4.78, 5) is 32.4. The van der Waals surface area contributed by atoms with Crippen molar-refractivity contribution in [3.63, 3.8) is 0 Å². The molecule has 1 atom stereocenters. The van der Waals surface area contributed by atoms with E-state index in [0.717, 1.165) is 49.5 Å². The molecule has 0 radical (unpaired) electrons. The van der Waals surface area contributed by atoms with Crippen molar-refractivity contribution in [2.75, 3.05) is 39.4 Å². The van der Waals surface area contributed by atoms with Gasteiger partial charge in [-0.2, -0.15) is 0 Å². The third-order valence-electron chi connectivity index (χ3n) is 6.23. The van der Waals surface area contributed by atoms with Crippen LogP contribution in [0.5, 0.6) is 5.75 Å². The van der Waals surface area contributed by atoms with Crippen molar-refractivity contribution < 1.29 is 14.6 Å². The zero-order valence-corrected chi connectivity index (χ0v) is 20.6. The molecule has 1 aromatic heterocycles. The van der Waals surface area contributed by atoms with Crippen molar-refractivity contribution in [1.82, 2.24) is 20.2 Å². The highest BCUT2D eigenvalue weighted by atomic mass is 16.5. The van der Waals surface area contributed by atoms with Crippen LogP contribution in [0.1, 0.15) is 33.9 Å². The molecule has 1 fully saturated rings. The van der Waals surface area contributed by atoms with E-state index in [9.17, 15) is 14.7 Å². The number of aromatic nitrogens is 2. The number of hydrogen-bond donors (Lipinski definition) is 4. The van der Waals surface area contributed by atoms with Crippen molar-refractivity contribution in [2.45, 2.75) is 18.9 Å². The molecule has 0 aliphatic carbocycles. The maximum absolute atomic E-state index is 11.9. The van der Waals surface area contributed by atoms with Crippen LogP contribution >= 0.6 is 0 Å². The highest BCUT2D eigenvalue weighted by Crippen LogP contribution is 2.23. The second-order valence-corrected chi connectivity index (χ2v) is 8.91. The average molecular weight is 502 g/mol. The largest absolute Gasteiger partial charge is 0.502 e. The second-order valence-electron chi connectivity index (χ2n) is 8.91. The molecule has 9 nitrogen and oxygen atoms in total. The Morgan fingerprint density at radius 2 is 1.70 bits per heavy atom. The smallest absolute Gasteiger partial charge is 0.293 e. The predicted octanol–water partition coefficient (Wildman–Crippen LogP) is 1.11. The quantitative estimate of drug-likeness (QED) is 0.340. The Bertz CT molecular complexity index is 1300. The molecule has 2 aromatic carbocycles. The minimum atomic E-state index is -0.625. The average Bonchev–Trinajstić information content (AvgIpc) is 2.93. The van der Waals surface area contributed by atoms with Gasteiger partial charge in [-0.25, -0.2) is 4.98 Å². The fourth-order valence-corrected chi connectivity index (χ4v) is 4.14. The summed E-state index contributed by atoms with van der Waals surface area (Å²) in [7, 11) is 0. The molecule has 1 aliphatic heterocycles. The first kappa shape index (κ1) is 26.1. The zero-order chi connectivity index (χ0) is 26.0. The maximum Gasteiger partial charge on any atom is 0.293 e. The first-order valence-corrected chi connectivity index (χ1v) is 12.2. The van der Waals surface area contributed by atoms with Crippen LogP contribution < -0.4 is 16.6 Å². The lowest BCUT2D eigenvalue weighted by Gasteiger charge is -2.26. The zero-order valence-electron chi connectivity index (χ0n) is 20.6. The van der Waals surface area contributed by atoms with Crippen LogP contribution in [0.25, 0.3) is 0 Å². The molecule has 0 bridgehead atoms. The summed E-state index contributed by atoms with van der Waals surface area (Å²) in [5.74, 6) is 5.21. The third-order valence-corrected chi connectivity index (χ3v) is 6.23. The van der Waals surface area contributed by atoms with E-state index in [1.807, 2.05) is 36.4 Å². The van der Waals surface area contributed by atoms with Gasteiger partial charge in [0.1, 0.15) is 0 Å². The van der Waals surface area contributed by atoms with E-state index in [2.05, 4.69) is 44.2 Å². The number of morpholine rings is 1. The fourth-order valence-electron chi connectivity index (χ4n) is 4.14. The van der Waals surface area contributed by atoms with Gasteiger partial charge in [0.15, 0.2) is 0 Å². The molecular formula is C28H31N5O4. The number of ether oxygens (including phenoxy) is 1. The van der Waals surface area contributed by atoms with E-state index in [1.54, 1.807) is 0 Å². The standard InChI is InChI=1S/C28H31N5O4/c29-16-25(34)30-17-24(26-27(35)28(36)32-19-31-26)15-22-7-3-20(4-8-22)1-2-21-5-9-23(10-6-21)18-33-11-13-37-14-12-33/h3-10,19,24,35H,11-18,29H2,(H,30,34)(H,31,32,36). The van der Waals surface area contributed by atoms with E-state index in [-0.39, 0.29) is 24.7 Å². The van der Waals surface area contributed by atoms with Crippen molar-refractivity contribution in [3.8, 4) is 17.6 Å². The van der Waals surface area contributed by atoms with Gasteiger partial charge >= 0.3 is 0 Å². The Balaban J connectivity index is 1.41. The number of nitrogens with two attached hydrogens (primary N) is 1. The number of nitrogens with zero attached hydrogens (tertiary/aromatic N) is 2. The monoisotopic (exact) mass is 501 g/mol. The number of carbonyl (C=O) groups excluding carboxylic acids is 1. The van der Waals surface area contributed by atoms with Gasteiger partial charge in [-0.3, -0.25) is 14.5 Å². The first-order valence-electron chi connectivity index (χ1n) is 12.2. The van der Waals surface area contributed by atoms with Crippen LogP contribution in [-0.4, -0.2) is 65.3 Å². The lowest BCUT2D eigenvalue weighted by atomic mass is 9.94. The summed E-state index contributed by atoms with van der Waals surface area (Å²) in [5, 5.41) is 12.9. The van der Waals surface area contributed by atoms with Crippen molar-refractivity contribution in [2.24, 2.45) is 5.73 Å². The number of benzene rings is 2. The lowest BCUT2D eigenvalue weighted by molar-refractivity contribution is -0.119. The number of H-pyrrole nitrogens is 1. The van der Waals surface area contributed by atoms with E-state index in [1.165, 1.54) is 11.9 Å². The van der Waals surface area contributed by atoms with E-state index in [4.69, 9.17) is 10.5 Å². The summed E-state index contributed by atoms with van der Waals surface area (Å²) in [6.45, 7) is 4.46. The van der Waals surface area contributed by atoms with E-state index < -0.39 is 17.2 Å². The van der Waals surface area contributed by atoms with Gasteiger partial charge in [0.25, 0.3) is 5.56 Å². The molecule has 37 heavy (non-hydrogen) atoms. The lowest BCUT2D eigenvalue weighted by Crippen LogP contribution is -2.35. The first-order chi connectivity index (χ1) is 18.0. The predicted molar refractivity (Wildman–Crippen MR) is 140 cm³/mol. The molecule has 0 spiro atoms. The van der Waals surface area contributed by atoms with Crippen LogP contribution in [0.4, 0.5) is 0 Å². The minimum Gasteiger partial charge on any atom is -0.502 e. The highest BCUT2D eigenvalue weighted by Gasteiger charge is 2.20. The number of rotatable bonds is 8. The Labute approximate surface area is 215 Å². The van der Waals surface area contributed by atoms with Crippen molar-refractivity contribution in [1.29, 1.82) is 0 Å². The Hall–Kier alpha value is -3.97. The molecule has 192 valence electrons. The van der Waals surface area contributed by atoms with Crippen LogP contribution in [0, 0.1) is 11.8 Å². The van der Waals surface area contributed by atoms with Crippen LogP contribution in [0.2, 0.25) is 0 Å². The van der Waals surface area contributed by atoms with Gasteiger partial charge in [-0.1, -0.05) is 36.1 Å². The number of nitrogens with one attached hydrogen (secondary N) is 2. The number of hydrogen-bond acceptors (Lipinski definition) is 7. The number of aromatic hydroxyl groups is 1. The maximum atomic E-state index is 11.9. The van der Waals surface area contributed by atoms with Crippen molar-refractivity contribution >= 4 is 5.91 Å². The van der Waals surface area contributed by atoms with E-state index in [0.29, 0.717) is 6.42 Å². The molecule has 2 heterocycles. The molecule has 3 aromatic rings. The van der Waals surface area contributed by atoms with Crippen LogP contribution in [0.3, 0.4) is 0 Å². The normalized spacial score (nSPS) is 14.4. The topological polar surface area (TPSA) is 134 Å². The number of carbonyl (C=O) groups is 1. The molecule has 4 rings (SSSR count). The van der Waals surface area contributed by atoms with Gasteiger partial charge in [0.05, 0.1) is 31.8 Å². The summed E-state index contributed by atoms with van der Waals surface area (Å²) < 4.78 is 5.40. The van der Waals surface area contributed by atoms with Gasteiger partial charge < -0.3 is 25.9 Å². The van der Waals surface area contributed by atoms with Crippen LogP contribution in [0.15, 0.2) is 59.7 Å². The Morgan fingerprint density at radius 3 is 2.32 bits per heavy atom. The number of aromatic amines is 1. The molecule has 9 heteroatoms. The van der Waals surface area contributed by atoms with Gasteiger partial charge in [-0.15, -0.1) is 0 Å². The summed E-state index contributed by atoms with van der Waals surface area (Å²) in [6, 6.07) is 16.0. The minimum absolute atomic E-state index is 0.147.